The largest absolute Gasteiger partial charge is 0.416 e. The van der Waals surface area contributed by atoms with Crippen LogP contribution in [0.2, 0.25) is 0 Å². The highest BCUT2D eigenvalue weighted by molar-refractivity contribution is 7.09. The molecule has 2 aromatic rings. The third kappa shape index (κ3) is 3.53. The quantitative estimate of drug-likeness (QED) is 0.762. The lowest BCUT2D eigenvalue weighted by Crippen LogP contribution is -2.27. The number of aromatic nitrogens is 1. The monoisotopic (exact) mass is 355 g/mol. The fourth-order valence-electron chi connectivity index (χ4n) is 2.59. The Morgan fingerprint density at radius 2 is 1.79 bits per heavy atom. The Bertz CT molecular complexity index is 799. The summed E-state index contributed by atoms with van der Waals surface area (Å²) >= 11 is 1.33. The third-order valence-electron chi connectivity index (χ3n) is 3.81. The van der Waals surface area contributed by atoms with Crippen molar-refractivity contribution in [1.82, 2.24) is 9.47 Å². The minimum Gasteiger partial charge on any atom is -0.323 e. The van der Waals surface area contributed by atoms with Crippen molar-refractivity contribution in [2.45, 2.75) is 25.9 Å². The van der Waals surface area contributed by atoms with Gasteiger partial charge < -0.3 is 4.90 Å². The first kappa shape index (κ1) is 16.8. The number of urea groups is 1. The lowest BCUT2D eigenvalue weighted by atomic mass is 10.2. The number of hydrogen-bond donors (Lipinski definition) is 0. The highest BCUT2D eigenvalue weighted by atomic mass is 32.1. The average Bonchev–Trinajstić information content (AvgIpc) is 3.16. The number of benzene rings is 1. The van der Waals surface area contributed by atoms with Crippen LogP contribution in [0.5, 0.6) is 0 Å². The van der Waals surface area contributed by atoms with Crippen LogP contribution >= 0.6 is 11.3 Å². The maximum absolute atomic E-state index is 12.7. The standard InChI is InChI=1S/C16H16F3N3OS/c1-11-10-22(13-6-4-12(5-7-13)16(17,18)19)15(24-11)20-14(23)21-8-2-3-9-21/h4-7,10H,2-3,8-9H2,1H3. The van der Waals surface area contributed by atoms with Gasteiger partial charge in [0, 0.05) is 29.9 Å². The summed E-state index contributed by atoms with van der Waals surface area (Å²) in [7, 11) is 0. The molecular formula is C16H16F3N3OS. The second-order valence-corrected chi connectivity index (χ2v) is 6.84. The molecule has 24 heavy (non-hydrogen) atoms. The summed E-state index contributed by atoms with van der Waals surface area (Å²) in [5, 5.41) is 0. The molecule has 8 heteroatoms. The number of aryl methyl sites for hydroxylation is 1. The van der Waals surface area contributed by atoms with Crippen LogP contribution in [0.3, 0.4) is 0 Å². The molecule has 2 amide bonds. The molecule has 1 fully saturated rings. The van der Waals surface area contributed by atoms with E-state index < -0.39 is 11.7 Å². The summed E-state index contributed by atoms with van der Waals surface area (Å²) < 4.78 is 39.7. The van der Waals surface area contributed by atoms with Crippen molar-refractivity contribution in [3.05, 3.63) is 45.7 Å². The van der Waals surface area contributed by atoms with Crippen molar-refractivity contribution in [1.29, 1.82) is 0 Å². The van der Waals surface area contributed by atoms with Crippen LogP contribution in [0.15, 0.2) is 35.5 Å². The molecule has 1 aliphatic heterocycles. The Morgan fingerprint density at radius 3 is 2.38 bits per heavy atom. The van der Waals surface area contributed by atoms with E-state index in [1.165, 1.54) is 23.5 Å². The first-order valence-corrected chi connectivity index (χ1v) is 8.36. The van der Waals surface area contributed by atoms with Crippen molar-refractivity contribution in [3.63, 3.8) is 0 Å². The van der Waals surface area contributed by atoms with Crippen molar-refractivity contribution in [2.75, 3.05) is 13.1 Å². The predicted octanol–water partition coefficient (Wildman–Crippen LogP) is 3.98. The molecule has 1 aliphatic rings. The summed E-state index contributed by atoms with van der Waals surface area (Å²) in [6.45, 7) is 3.27. The molecule has 0 N–H and O–H groups in total. The minimum absolute atomic E-state index is 0.296. The van der Waals surface area contributed by atoms with Gasteiger partial charge in [-0.05, 0) is 44.0 Å². The van der Waals surface area contributed by atoms with Crippen LogP contribution in [0.1, 0.15) is 23.3 Å². The van der Waals surface area contributed by atoms with Gasteiger partial charge in [-0.25, -0.2) is 4.79 Å². The van der Waals surface area contributed by atoms with E-state index >= 15 is 0 Å². The van der Waals surface area contributed by atoms with Crippen molar-refractivity contribution < 1.29 is 18.0 Å². The summed E-state index contributed by atoms with van der Waals surface area (Å²) in [6.07, 6.45) is -0.649. The van der Waals surface area contributed by atoms with Crippen LogP contribution in [-0.4, -0.2) is 28.6 Å². The van der Waals surface area contributed by atoms with Crippen LogP contribution in [0.25, 0.3) is 5.69 Å². The van der Waals surface area contributed by atoms with Gasteiger partial charge in [-0.3, -0.25) is 4.57 Å². The first-order chi connectivity index (χ1) is 11.3. The molecule has 0 radical (unpaired) electrons. The Kier molecular flexibility index (Phi) is 4.49. The molecule has 0 atom stereocenters. The van der Waals surface area contributed by atoms with Crippen molar-refractivity contribution in [2.24, 2.45) is 4.99 Å². The number of amides is 2. The molecule has 0 aliphatic carbocycles. The smallest absolute Gasteiger partial charge is 0.323 e. The minimum atomic E-state index is -4.37. The van der Waals surface area contributed by atoms with Gasteiger partial charge in [-0.2, -0.15) is 18.2 Å². The van der Waals surface area contributed by atoms with Gasteiger partial charge in [0.05, 0.1) is 5.56 Å². The van der Waals surface area contributed by atoms with E-state index in [-0.39, 0.29) is 6.03 Å². The number of thiazole rings is 1. The van der Waals surface area contributed by atoms with Gasteiger partial charge in [0.25, 0.3) is 0 Å². The fraction of sp³-hybridized carbons (Fsp3) is 0.375. The number of carbonyl (C=O) groups is 1. The SMILES string of the molecule is Cc1cn(-c2ccc(C(F)(F)F)cc2)c(=NC(=O)N2CCCC2)s1. The summed E-state index contributed by atoms with van der Waals surface area (Å²) in [5.41, 5.74) is -0.161. The summed E-state index contributed by atoms with van der Waals surface area (Å²) in [5.74, 6) is 0. The number of nitrogens with zero attached hydrogens (tertiary/aromatic N) is 3. The number of likely N-dealkylation sites (tertiary alicyclic amines) is 1. The van der Waals surface area contributed by atoms with Gasteiger partial charge in [-0.15, -0.1) is 11.3 Å². The highest BCUT2D eigenvalue weighted by Gasteiger charge is 2.30. The van der Waals surface area contributed by atoms with Gasteiger partial charge in [0.15, 0.2) is 4.80 Å². The highest BCUT2D eigenvalue weighted by Crippen LogP contribution is 2.29. The molecule has 2 heterocycles. The Balaban J connectivity index is 1.95. The lowest BCUT2D eigenvalue weighted by Gasteiger charge is -2.11. The van der Waals surface area contributed by atoms with Crippen LogP contribution in [0, 0.1) is 6.92 Å². The number of carbonyl (C=O) groups excluding carboxylic acids is 1. The normalized spacial score (nSPS) is 16.0. The maximum atomic E-state index is 12.7. The molecule has 1 aromatic heterocycles. The van der Waals surface area contributed by atoms with Crippen molar-refractivity contribution in [3.8, 4) is 5.69 Å². The molecule has 0 bridgehead atoms. The van der Waals surface area contributed by atoms with Crippen LogP contribution in [0.4, 0.5) is 18.0 Å². The first-order valence-electron chi connectivity index (χ1n) is 7.55. The summed E-state index contributed by atoms with van der Waals surface area (Å²) in [6, 6.07) is 4.53. The van der Waals surface area contributed by atoms with E-state index in [1.807, 2.05) is 6.92 Å². The Morgan fingerprint density at radius 1 is 1.17 bits per heavy atom. The van der Waals surface area contributed by atoms with Crippen LogP contribution < -0.4 is 4.80 Å². The zero-order valence-electron chi connectivity index (χ0n) is 13.0. The second-order valence-electron chi connectivity index (χ2n) is 5.63. The maximum Gasteiger partial charge on any atom is 0.416 e. The van der Waals surface area contributed by atoms with E-state index in [9.17, 15) is 18.0 Å². The summed E-state index contributed by atoms with van der Waals surface area (Å²) in [4.78, 5) is 19.4. The zero-order valence-corrected chi connectivity index (χ0v) is 13.8. The van der Waals surface area contributed by atoms with Crippen molar-refractivity contribution >= 4 is 17.4 Å². The van der Waals surface area contributed by atoms with E-state index in [0.717, 1.165) is 29.9 Å². The number of rotatable bonds is 1. The predicted molar refractivity (Wildman–Crippen MR) is 85.2 cm³/mol. The zero-order chi connectivity index (χ0) is 17.3. The molecule has 4 nitrogen and oxygen atoms in total. The van der Waals surface area contributed by atoms with Gasteiger partial charge in [0.1, 0.15) is 0 Å². The van der Waals surface area contributed by atoms with Gasteiger partial charge in [0.2, 0.25) is 0 Å². The fourth-order valence-corrected chi connectivity index (χ4v) is 3.42. The average molecular weight is 355 g/mol. The van der Waals surface area contributed by atoms with E-state index in [4.69, 9.17) is 0 Å². The van der Waals surface area contributed by atoms with Gasteiger partial charge in [-0.1, -0.05) is 0 Å². The molecule has 128 valence electrons. The Labute approximate surface area is 140 Å². The van der Waals surface area contributed by atoms with Crippen LogP contribution in [-0.2, 0) is 6.18 Å². The van der Waals surface area contributed by atoms with Gasteiger partial charge >= 0.3 is 12.2 Å². The second kappa shape index (κ2) is 6.43. The Hall–Kier alpha value is -2.09. The lowest BCUT2D eigenvalue weighted by molar-refractivity contribution is -0.137. The number of hydrogen-bond acceptors (Lipinski definition) is 2. The van der Waals surface area contributed by atoms with E-state index in [1.54, 1.807) is 15.7 Å². The number of alkyl halides is 3. The molecule has 0 unspecified atom stereocenters. The topological polar surface area (TPSA) is 37.6 Å². The third-order valence-corrected chi connectivity index (χ3v) is 4.71. The molecule has 0 saturated carbocycles. The molecular weight excluding hydrogens is 339 g/mol. The molecule has 0 spiro atoms. The molecule has 1 aromatic carbocycles. The number of halogens is 3. The van der Waals surface area contributed by atoms with E-state index in [0.29, 0.717) is 23.6 Å². The molecule has 1 saturated heterocycles. The molecule has 3 rings (SSSR count). The van der Waals surface area contributed by atoms with E-state index in [2.05, 4.69) is 4.99 Å².